The van der Waals surface area contributed by atoms with Crippen molar-refractivity contribution in [3.63, 3.8) is 0 Å². The van der Waals surface area contributed by atoms with E-state index >= 15 is 0 Å². The smallest absolute Gasteiger partial charge is 0.303 e. The molecule has 0 saturated heterocycles. The second-order valence-electron chi connectivity index (χ2n) is 7.37. The summed E-state index contributed by atoms with van der Waals surface area (Å²) in [7, 11) is 0. The highest BCUT2D eigenvalue weighted by Crippen LogP contribution is 2.40. The van der Waals surface area contributed by atoms with Crippen LogP contribution in [0.2, 0.25) is 0 Å². The molecule has 0 aliphatic heterocycles. The summed E-state index contributed by atoms with van der Waals surface area (Å²) in [6, 6.07) is 5.88. The Balaban J connectivity index is 1.69. The van der Waals surface area contributed by atoms with Crippen molar-refractivity contribution in [2.24, 2.45) is 5.92 Å². The van der Waals surface area contributed by atoms with Gasteiger partial charge >= 0.3 is 5.97 Å². The zero-order chi connectivity index (χ0) is 18.5. The van der Waals surface area contributed by atoms with E-state index in [1.54, 1.807) is 5.57 Å². The molecule has 0 heterocycles. The fourth-order valence-corrected chi connectivity index (χ4v) is 4.66. The van der Waals surface area contributed by atoms with Crippen LogP contribution in [-0.4, -0.2) is 17.7 Å². The second-order valence-corrected chi connectivity index (χ2v) is 8.33. The molecule has 0 aromatic heterocycles. The maximum Gasteiger partial charge on any atom is 0.303 e. The van der Waals surface area contributed by atoms with Gasteiger partial charge in [0, 0.05) is 10.9 Å². The van der Waals surface area contributed by atoms with Crippen LogP contribution < -0.4 is 4.74 Å². The standard InChI is InChI=1S/C22H27BrO3/c1-15(23)21-13-19(11-9-17(21)10-12-22(24)25)26-14-18-7-4-8-20(18)16-5-2-3-6-16/h9,11,13,16H,1-8,10,12,14H2,(H,24,25). The van der Waals surface area contributed by atoms with Gasteiger partial charge in [0.05, 0.1) is 0 Å². The zero-order valence-corrected chi connectivity index (χ0v) is 16.8. The van der Waals surface area contributed by atoms with Crippen molar-refractivity contribution in [1.29, 1.82) is 0 Å². The molecule has 1 fully saturated rings. The number of allylic oxidation sites excluding steroid dienone is 1. The molecule has 0 amide bonds. The van der Waals surface area contributed by atoms with E-state index in [1.807, 2.05) is 18.2 Å². The van der Waals surface area contributed by atoms with E-state index in [4.69, 9.17) is 9.84 Å². The largest absolute Gasteiger partial charge is 0.489 e. The molecule has 1 aromatic rings. The van der Waals surface area contributed by atoms with Crippen LogP contribution in [0.4, 0.5) is 0 Å². The number of hydrogen-bond donors (Lipinski definition) is 1. The number of carbonyl (C=O) groups is 1. The van der Waals surface area contributed by atoms with Crippen molar-refractivity contribution >= 4 is 26.4 Å². The van der Waals surface area contributed by atoms with E-state index in [-0.39, 0.29) is 6.42 Å². The van der Waals surface area contributed by atoms with Crippen LogP contribution in [0.5, 0.6) is 5.75 Å². The first kappa shape index (κ1) is 19.2. The third kappa shape index (κ3) is 4.79. The topological polar surface area (TPSA) is 46.5 Å². The first-order chi connectivity index (χ1) is 12.5. The van der Waals surface area contributed by atoms with Crippen LogP contribution in [0.15, 0.2) is 35.9 Å². The highest BCUT2D eigenvalue weighted by Gasteiger charge is 2.25. The molecule has 0 bridgehead atoms. The molecular weight excluding hydrogens is 392 g/mol. The third-order valence-electron chi connectivity index (χ3n) is 5.62. The highest BCUT2D eigenvalue weighted by atomic mass is 79.9. The fourth-order valence-electron chi connectivity index (χ4n) is 4.29. The van der Waals surface area contributed by atoms with Gasteiger partial charge < -0.3 is 9.84 Å². The number of carboxylic acid groups (broad SMARTS) is 1. The first-order valence-electron chi connectivity index (χ1n) is 9.57. The van der Waals surface area contributed by atoms with Crippen LogP contribution in [0.25, 0.3) is 4.48 Å². The number of rotatable bonds is 8. The average Bonchev–Trinajstić information content (AvgIpc) is 3.29. The maximum absolute atomic E-state index is 10.8. The molecule has 1 saturated carbocycles. The molecule has 3 rings (SSSR count). The van der Waals surface area contributed by atoms with Crippen molar-refractivity contribution < 1.29 is 14.6 Å². The number of halogens is 1. The van der Waals surface area contributed by atoms with Gasteiger partial charge in [-0.05, 0) is 73.3 Å². The van der Waals surface area contributed by atoms with Gasteiger partial charge in [0.1, 0.15) is 12.4 Å². The molecule has 2 aliphatic rings. The normalized spacial score (nSPS) is 17.7. The minimum atomic E-state index is -0.788. The molecule has 4 heteroatoms. The Labute approximate surface area is 164 Å². The van der Waals surface area contributed by atoms with E-state index in [0.717, 1.165) is 27.3 Å². The molecule has 1 aromatic carbocycles. The highest BCUT2D eigenvalue weighted by molar-refractivity contribution is 9.15. The number of hydrogen-bond acceptors (Lipinski definition) is 2. The van der Waals surface area contributed by atoms with Crippen LogP contribution in [0, 0.1) is 5.92 Å². The van der Waals surface area contributed by atoms with Gasteiger partial charge in [-0.25, -0.2) is 0 Å². The third-order valence-corrected chi connectivity index (χ3v) is 6.05. The van der Waals surface area contributed by atoms with Crippen LogP contribution in [0.3, 0.4) is 0 Å². The Morgan fingerprint density at radius 1 is 1.23 bits per heavy atom. The summed E-state index contributed by atoms with van der Waals surface area (Å²) in [6.07, 6.45) is 9.74. The molecule has 0 unspecified atom stereocenters. The molecular formula is C22H27BrO3. The van der Waals surface area contributed by atoms with Crippen molar-refractivity contribution in [2.45, 2.75) is 57.8 Å². The number of ether oxygens (including phenoxy) is 1. The minimum Gasteiger partial charge on any atom is -0.489 e. The maximum atomic E-state index is 10.8. The quantitative estimate of drug-likeness (QED) is 0.517. The average molecular weight is 419 g/mol. The van der Waals surface area contributed by atoms with Crippen molar-refractivity contribution in [1.82, 2.24) is 0 Å². The van der Waals surface area contributed by atoms with Gasteiger partial charge in [0.2, 0.25) is 0 Å². The molecule has 0 spiro atoms. The van der Waals surface area contributed by atoms with Crippen molar-refractivity contribution in [2.75, 3.05) is 6.61 Å². The summed E-state index contributed by atoms with van der Waals surface area (Å²) < 4.78 is 6.87. The van der Waals surface area contributed by atoms with E-state index in [0.29, 0.717) is 13.0 Å². The lowest BCUT2D eigenvalue weighted by Gasteiger charge is -2.16. The zero-order valence-electron chi connectivity index (χ0n) is 15.2. The lowest BCUT2D eigenvalue weighted by Crippen LogP contribution is -2.06. The molecule has 140 valence electrons. The number of aliphatic carboxylic acids is 1. The molecule has 2 aliphatic carbocycles. The Morgan fingerprint density at radius 3 is 2.69 bits per heavy atom. The second kappa shape index (κ2) is 8.90. The summed E-state index contributed by atoms with van der Waals surface area (Å²) in [5.74, 6) is 0.835. The molecule has 0 atom stereocenters. The molecule has 3 nitrogen and oxygen atoms in total. The summed E-state index contributed by atoms with van der Waals surface area (Å²) in [4.78, 5) is 10.8. The van der Waals surface area contributed by atoms with Gasteiger partial charge in [-0.15, -0.1) is 0 Å². The van der Waals surface area contributed by atoms with Crippen LogP contribution in [0.1, 0.15) is 62.5 Å². The lowest BCUT2D eigenvalue weighted by atomic mass is 9.94. The van der Waals surface area contributed by atoms with Gasteiger partial charge in [0.25, 0.3) is 0 Å². The number of aryl methyl sites for hydroxylation is 1. The monoisotopic (exact) mass is 418 g/mol. The van der Waals surface area contributed by atoms with Crippen LogP contribution >= 0.6 is 15.9 Å². The summed E-state index contributed by atoms with van der Waals surface area (Å²) in [5, 5.41) is 8.92. The Morgan fingerprint density at radius 2 is 2.00 bits per heavy atom. The lowest BCUT2D eigenvalue weighted by molar-refractivity contribution is -0.136. The van der Waals surface area contributed by atoms with Gasteiger partial charge in [0.15, 0.2) is 0 Å². The molecule has 1 N–H and O–H groups in total. The predicted octanol–water partition coefficient (Wildman–Crippen LogP) is 6.12. The van der Waals surface area contributed by atoms with E-state index in [9.17, 15) is 4.79 Å². The van der Waals surface area contributed by atoms with E-state index < -0.39 is 5.97 Å². The number of carboxylic acids is 1. The first-order valence-corrected chi connectivity index (χ1v) is 10.4. The Hall–Kier alpha value is -1.55. The summed E-state index contributed by atoms with van der Waals surface area (Å²) in [5.41, 5.74) is 5.09. The number of benzene rings is 1. The molecule has 0 radical (unpaired) electrons. The van der Waals surface area contributed by atoms with Crippen molar-refractivity contribution in [3.8, 4) is 5.75 Å². The fraction of sp³-hybridized carbons (Fsp3) is 0.500. The summed E-state index contributed by atoms with van der Waals surface area (Å²) in [6.45, 7) is 4.64. The molecule has 26 heavy (non-hydrogen) atoms. The van der Waals surface area contributed by atoms with Gasteiger partial charge in [-0.1, -0.05) is 47.0 Å². The summed E-state index contributed by atoms with van der Waals surface area (Å²) >= 11 is 3.44. The minimum absolute atomic E-state index is 0.116. The van der Waals surface area contributed by atoms with Crippen molar-refractivity contribution in [3.05, 3.63) is 47.1 Å². The van der Waals surface area contributed by atoms with E-state index in [2.05, 4.69) is 22.5 Å². The van der Waals surface area contributed by atoms with Gasteiger partial charge in [-0.2, -0.15) is 0 Å². The SMILES string of the molecule is C=C(Br)c1cc(OCC2=C(C3CCCC3)CCC2)ccc1CCC(=O)O. The van der Waals surface area contributed by atoms with E-state index in [1.165, 1.54) is 50.5 Å². The Bertz CT molecular complexity index is 714. The predicted molar refractivity (Wildman–Crippen MR) is 109 cm³/mol. The van der Waals surface area contributed by atoms with Gasteiger partial charge in [-0.3, -0.25) is 4.79 Å². The van der Waals surface area contributed by atoms with Crippen LogP contribution in [-0.2, 0) is 11.2 Å². The Kier molecular flexibility index (Phi) is 6.58.